The van der Waals surface area contributed by atoms with E-state index in [1.165, 1.54) is 11.1 Å². The molecule has 0 N–H and O–H groups in total. The molecule has 0 fully saturated rings. The Bertz CT molecular complexity index is 505. The highest BCUT2D eigenvalue weighted by molar-refractivity contribution is 7.80. The molecular weight excluding hydrogens is 262 g/mol. The van der Waals surface area contributed by atoms with Crippen molar-refractivity contribution in [1.82, 2.24) is 4.90 Å². The highest BCUT2D eigenvalue weighted by Crippen LogP contribution is 2.30. The Morgan fingerprint density at radius 1 is 0.800 bits per heavy atom. The van der Waals surface area contributed by atoms with E-state index in [2.05, 4.69) is 67.3 Å². The standard InChI is InChI=1S/C18H21NS/c1-14(17-10-6-4-7-11-17)19(16(3)20)15(2)18-12-8-5-9-13-18/h4-15H,1-3H3/t14-,15-/m1/s1. The molecule has 104 valence electrons. The first-order valence-corrected chi connectivity index (χ1v) is 7.41. The molecule has 0 aliphatic rings. The highest BCUT2D eigenvalue weighted by atomic mass is 32.1. The molecule has 20 heavy (non-hydrogen) atoms. The van der Waals surface area contributed by atoms with Gasteiger partial charge in [-0.05, 0) is 31.9 Å². The van der Waals surface area contributed by atoms with Crippen molar-refractivity contribution in [3.63, 3.8) is 0 Å². The van der Waals surface area contributed by atoms with Crippen molar-refractivity contribution in [3.05, 3.63) is 71.8 Å². The molecule has 0 saturated carbocycles. The minimum atomic E-state index is 0.268. The van der Waals surface area contributed by atoms with E-state index in [0.29, 0.717) is 0 Å². The Balaban J connectivity index is 2.30. The van der Waals surface area contributed by atoms with Crippen LogP contribution in [0.5, 0.6) is 0 Å². The van der Waals surface area contributed by atoms with Gasteiger partial charge in [0, 0.05) is 0 Å². The second-order valence-electron chi connectivity index (χ2n) is 5.10. The number of benzene rings is 2. The van der Waals surface area contributed by atoms with Crippen LogP contribution < -0.4 is 0 Å². The summed E-state index contributed by atoms with van der Waals surface area (Å²) in [7, 11) is 0. The van der Waals surface area contributed by atoms with Gasteiger partial charge >= 0.3 is 0 Å². The molecule has 0 bridgehead atoms. The molecule has 0 radical (unpaired) electrons. The van der Waals surface area contributed by atoms with Crippen molar-refractivity contribution in [1.29, 1.82) is 0 Å². The van der Waals surface area contributed by atoms with Gasteiger partial charge in [0.1, 0.15) is 0 Å². The second-order valence-corrected chi connectivity index (χ2v) is 5.69. The lowest BCUT2D eigenvalue weighted by Crippen LogP contribution is -2.33. The molecule has 0 aliphatic carbocycles. The van der Waals surface area contributed by atoms with E-state index in [4.69, 9.17) is 12.2 Å². The van der Waals surface area contributed by atoms with Crippen molar-refractivity contribution in [3.8, 4) is 0 Å². The van der Waals surface area contributed by atoms with Crippen LogP contribution in [0.3, 0.4) is 0 Å². The zero-order valence-corrected chi connectivity index (χ0v) is 13.1. The normalized spacial score (nSPS) is 13.6. The predicted molar refractivity (Wildman–Crippen MR) is 89.8 cm³/mol. The maximum atomic E-state index is 5.50. The summed E-state index contributed by atoms with van der Waals surface area (Å²) in [5.41, 5.74) is 2.58. The van der Waals surface area contributed by atoms with Crippen LogP contribution in [0.4, 0.5) is 0 Å². The molecule has 1 nitrogen and oxygen atoms in total. The molecule has 0 amide bonds. The minimum absolute atomic E-state index is 0.268. The molecule has 2 rings (SSSR count). The van der Waals surface area contributed by atoms with E-state index >= 15 is 0 Å². The molecule has 0 heterocycles. The Morgan fingerprint density at radius 2 is 1.15 bits per heavy atom. The number of rotatable bonds is 4. The molecule has 0 saturated heterocycles. The topological polar surface area (TPSA) is 3.24 Å². The van der Waals surface area contributed by atoms with Crippen LogP contribution in [0.1, 0.15) is 44.0 Å². The summed E-state index contributed by atoms with van der Waals surface area (Å²) in [4.78, 5) is 3.23. The number of hydrogen-bond donors (Lipinski definition) is 0. The van der Waals surface area contributed by atoms with Gasteiger partial charge in [-0.2, -0.15) is 0 Å². The average molecular weight is 283 g/mol. The SMILES string of the molecule is CC(=S)N([C@H](C)c1ccccc1)[C@H](C)c1ccccc1. The lowest BCUT2D eigenvalue weighted by Gasteiger charge is -2.36. The van der Waals surface area contributed by atoms with E-state index < -0.39 is 0 Å². The Labute approximate surface area is 127 Å². The molecule has 0 unspecified atom stereocenters. The summed E-state index contributed by atoms with van der Waals surface area (Å²) in [6.07, 6.45) is 0. The van der Waals surface area contributed by atoms with Crippen molar-refractivity contribution in [2.24, 2.45) is 0 Å². The zero-order chi connectivity index (χ0) is 14.5. The number of thiocarbonyl (C=S) groups is 1. The molecule has 0 spiro atoms. The van der Waals surface area contributed by atoms with E-state index in [0.717, 1.165) is 4.99 Å². The molecule has 0 aliphatic heterocycles. The van der Waals surface area contributed by atoms with Crippen LogP contribution >= 0.6 is 12.2 Å². The van der Waals surface area contributed by atoms with Gasteiger partial charge in [0.25, 0.3) is 0 Å². The van der Waals surface area contributed by atoms with Gasteiger partial charge in [0.2, 0.25) is 0 Å². The summed E-state index contributed by atoms with van der Waals surface area (Å²) in [6.45, 7) is 6.43. The van der Waals surface area contributed by atoms with Crippen LogP contribution in [-0.4, -0.2) is 9.89 Å². The van der Waals surface area contributed by atoms with Crippen LogP contribution in [0, 0.1) is 0 Å². The van der Waals surface area contributed by atoms with Gasteiger partial charge in [-0.15, -0.1) is 0 Å². The summed E-state index contributed by atoms with van der Waals surface area (Å²) < 4.78 is 0. The third-order valence-electron chi connectivity index (χ3n) is 3.76. The van der Waals surface area contributed by atoms with Crippen molar-refractivity contribution in [2.45, 2.75) is 32.9 Å². The van der Waals surface area contributed by atoms with Crippen molar-refractivity contribution >= 4 is 17.2 Å². The fraction of sp³-hybridized carbons (Fsp3) is 0.278. The molecule has 2 aromatic rings. The van der Waals surface area contributed by atoms with Gasteiger partial charge in [0.05, 0.1) is 17.1 Å². The second kappa shape index (κ2) is 6.67. The third kappa shape index (κ3) is 3.26. The minimum Gasteiger partial charge on any atom is -0.353 e. The monoisotopic (exact) mass is 283 g/mol. The molecule has 0 aromatic heterocycles. The Hall–Kier alpha value is -1.67. The molecular formula is C18H21NS. The van der Waals surface area contributed by atoms with E-state index in [1.54, 1.807) is 0 Å². The maximum Gasteiger partial charge on any atom is 0.0757 e. The lowest BCUT2D eigenvalue weighted by molar-refractivity contribution is 0.272. The quantitative estimate of drug-likeness (QED) is 0.713. The van der Waals surface area contributed by atoms with Gasteiger partial charge < -0.3 is 4.90 Å². The number of hydrogen-bond acceptors (Lipinski definition) is 1. The Morgan fingerprint density at radius 3 is 1.45 bits per heavy atom. The molecule has 2 aromatic carbocycles. The summed E-state index contributed by atoms with van der Waals surface area (Å²) in [5.74, 6) is 0. The first-order valence-electron chi connectivity index (χ1n) is 7.00. The van der Waals surface area contributed by atoms with Crippen LogP contribution in [0.15, 0.2) is 60.7 Å². The van der Waals surface area contributed by atoms with Gasteiger partial charge in [-0.1, -0.05) is 72.9 Å². The van der Waals surface area contributed by atoms with Crippen LogP contribution in [-0.2, 0) is 0 Å². The average Bonchev–Trinajstić information content (AvgIpc) is 2.48. The Kier molecular flexibility index (Phi) is 4.91. The first-order chi connectivity index (χ1) is 9.61. The fourth-order valence-electron chi connectivity index (χ4n) is 2.67. The van der Waals surface area contributed by atoms with E-state index in [1.807, 2.05) is 19.1 Å². The molecule has 2 heteroatoms. The maximum absolute atomic E-state index is 5.50. The summed E-state index contributed by atoms with van der Waals surface area (Å²) in [6, 6.07) is 21.6. The van der Waals surface area contributed by atoms with Crippen molar-refractivity contribution in [2.75, 3.05) is 0 Å². The third-order valence-corrected chi connectivity index (χ3v) is 3.97. The van der Waals surface area contributed by atoms with Gasteiger partial charge in [-0.25, -0.2) is 0 Å². The predicted octanol–water partition coefficient (Wildman–Crippen LogP) is 5.16. The van der Waals surface area contributed by atoms with Crippen LogP contribution in [0.25, 0.3) is 0 Å². The first kappa shape index (κ1) is 14.7. The lowest BCUT2D eigenvalue weighted by atomic mass is 10.0. The van der Waals surface area contributed by atoms with Crippen molar-refractivity contribution < 1.29 is 0 Å². The largest absolute Gasteiger partial charge is 0.353 e. The van der Waals surface area contributed by atoms with Crippen LogP contribution in [0.2, 0.25) is 0 Å². The zero-order valence-electron chi connectivity index (χ0n) is 12.3. The summed E-state index contributed by atoms with van der Waals surface area (Å²) >= 11 is 5.50. The highest BCUT2D eigenvalue weighted by Gasteiger charge is 2.22. The van der Waals surface area contributed by atoms with Gasteiger partial charge in [-0.3, -0.25) is 0 Å². The van der Waals surface area contributed by atoms with Gasteiger partial charge in [0.15, 0.2) is 0 Å². The number of nitrogens with zero attached hydrogens (tertiary/aromatic N) is 1. The van der Waals surface area contributed by atoms with E-state index in [-0.39, 0.29) is 12.1 Å². The smallest absolute Gasteiger partial charge is 0.0757 e. The van der Waals surface area contributed by atoms with E-state index in [9.17, 15) is 0 Å². The fourth-order valence-corrected chi connectivity index (χ4v) is 2.98. The summed E-state index contributed by atoms with van der Waals surface area (Å²) in [5, 5.41) is 0. The molecule has 2 atom stereocenters.